The highest BCUT2D eigenvalue weighted by Gasteiger charge is 2.50. The second kappa shape index (κ2) is 1.97. The molecule has 1 aliphatic carbocycles. The van der Waals surface area contributed by atoms with Crippen LogP contribution in [0, 0.1) is 17.3 Å². The van der Waals surface area contributed by atoms with Crippen LogP contribution in [0.5, 0.6) is 0 Å². The Morgan fingerprint density at radius 1 is 1.40 bits per heavy atom. The quantitative estimate of drug-likeness (QED) is 0.582. The van der Waals surface area contributed by atoms with E-state index >= 15 is 0 Å². The van der Waals surface area contributed by atoms with Gasteiger partial charge in [-0.2, -0.15) is 0 Å². The van der Waals surface area contributed by atoms with Crippen molar-refractivity contribution < 1.29 is 0 Å². The predicted octanol–water partition coefficient (Wildman–Crippen LogP) is 1.64. The Morgan fingerprint density at radius 3 is 2.50 bits per heavy atom. The van der Waals surface area contributed by atoms with Gasteiger partial charge in [-0.1, -0.05) is 13.8 Å². The van der Waals surface area contributed by atoms with Crippen molar-refractivity contribution in [3.8, 4) is 0 Å². The van der Waals surface area contributed by atoms with Crippen molar-refractivity contribution in [3.05, 3.63) is 0 Å². The van der Waals surface area contributed by atoms with Gasteiger partial charge in [0.25, 0.3) is 0 Å². The van der Waals surface area contributed by atoms with Crippen LogP contribution in [-0.2, 0) is 0 Å². The highest BCUT2D eigenvalue weighted by molar-refractivity contribution is 5.00. The molecule has 58 valence electrons. The summed E-state index contributed by atoms with van der Waals surface area (Å²) in [6.45, 7) is 7.34. The van der Waals surface area contributed by atoms with Gasteiger partial charge in [0.2, 0.25) is 0 Å². The summed E-state index contributed by atoms with van der Waals surface area (Å²) in [5, 5.41) is 3.43. The maximum Gasteiger partial charge on any atom is -0.00172 e. The molecule has 1 N–H and O–H groups in total. The Labute approximate surface area is 63.2 Å². The van der Waals surface area contributed by atoms with Crippen molar-refractivity contribution in [2.24, 2.45) is 17.3 Å². The SMILES string of the molecule is CC1(C)C[C@@H]1C1CCNC1. The molecule has 2 rings (SSSR count). The summed E-state index contributed by atoms with van der Waals surface area (Å²) in [5.41, 5.74) is 0.691. The Bertz CT molecular complexity index is 131. The van der Waals surface area contributed by atoms with E-state index in [1.54, 1.807) is 0 Å². The molecule has 1 saturated heterocycles. The van der Waals surface area contributed by atoms with E-state index in [0.29, 0.717) is 5.41 Å². The standard InChI is InChI=1S/C9H17N/c1-9(2)5-8(9)7-3-4-10-6-7/h7-8,10H,3-6H2,1-2H3/t7?,8-/m1/s1. The average molecular weight is 139 g/mol. The first-order valence-corrected chi connectivity index (χ1v) is 4.41. The van der Waals surface area contributed by atoms with Crippen LogP contribution in [0.3, 0.4) is 0 Å². The molecule has 10 heavy (non-hydrogen) atoms. The predicted molar refractivity (Wildman–Crippen MR) is 42.9 cm³/mol. The fourth-order valence-electron chi connectivity index (χ4n) is 2.33. The Morgan fingerprint density at radius 2 is 2.10 bits per heavy atom. The van der Waals surface area contributed by atoms with Crippen molar-refractivity contribution in [1.29, 1.82) is 0 Å². The number of hydrogen-bond donors (Lipinski definition) is 1. The lowest BCUT2D eigenvalue weighted by Gasteiger charge is -2.08. The number of rotatable bonds is 1. The van der Waals surface area contributed by atoms with Crippen LogP contribution in [0.2, 0.25) is 0 Å². The zero-order valence-corrected chi connectivity index (χ0v) is 6.98. The summed E-state index contributed by atoms with van der Waals surface area (Å²) in [6.07, 6.45) is 2.90. The second-order valence-electron chi connectivity index (χ2n) is 4.55. The minimum Gasteiger partial charge on any atom is -0.316 e. The van der Waals surface area contributed by atoms with E-state index < -0.39 is 0 Å². The smallest absolute Gasteiger partial charge is 0.00172 e. The Hall–Kier alpha value is -0.0400. The summed E-state index contributed by atoms with van der Waals surface area (Å²) in [4.78, 5) is 0. The third-order valence-electron chi connectivity index (χ3n) is 3.26. The maximum absolute atomic E-state index is 3.43. The molecule has 2 atom stereocenters. The van der Waals surface area contributed by atoms with Crippen LogP contribution in [0.15, 0.2) is 0 Å². The van der Waals surface area contributed by atoms with E-state index in [1.165, 1.54) is 25.9 Å². The van der Waals surface area contributed by atoms with Crippen LogP contribution in [0.1, 0.15) is 26.7 Å². The fourth-order valence-corrected chi connectivity index (χ4v) is 2.33. The fraction of sp³-hybridized carbons (Fsp3) is 1.00. The van der Waals surface area contributed by atoms with Crippen molar-refractivity contribution in [1.82, 2.24) is 5.32 Å². The van der Waals surface area contributed by atoms with Crippen molar-refractivity contribution in [2.75, 3.05) is 13.1 Å². The van der Waals surface area contributed by atoms with E-state index in [1.807, 2.05) is 0 Å². The minimum atomic E-state index is 0.691. The molecule has 1 nitrogen and oxygen atoms in total. The van der Waals surface area contributed by atoms with Gasteiger partial charge < -0.3 is 5.32 Å². The topological polar surface area (TPSA) is 12.0 Å². The van der Waals surface area contributed by atoms with E-state index in [-0.39, 0.29) is 0 Å². The molecular formula is C9H17N. The number of nitrogens with one attached hydrogen (secondary N) is 1. The molecule has 1 unspecified atom stereocenters. The molecule has 0 aromatic carbocycles. The zero-order chi connectivity index (χ0) is 7.19. The highest BCUT2D eigenvalue weighted by Crippen LogP contribution is 2.56. The zero-order valence-electron chi connectivity index (χ0n) is 6.98. The molecule has 1 saturated carbocycles. The third kappa shape index (κ3) is 0.968. The van der Waals surface area contributed by atoms with Gasteiger partial charge in [0.15, 0.2) is 0 Å². The molecule has 0 aromatic rings. The lowest BCUT2D eigenvalue weighted by Crippen LogP contribution is -2.12. The largest absolute Gasteiger partial charge is 0.316 e. The van der Waals surface area contributed by atoms with Gasteiger partial charge in [0, 0.05) is 0 Å². The normalized spacial score (nSPS) is 43.8. The lowest BCUT2D eigenvalue weighted by molar-refractivity contribution is 0.421. The highest BCUT2D eigenvalue weighted by atomic mass is 14.9. The molecule has 0 radical (unpaired) electrons. The summed E-state index contributed by atoms with van der Waals surface area (Å²) < 4.78 is 0. The van der Waals surface area contributed by atoms with Crippen molar-refractivity contribution in [3.63, 3.8) is 0 Å². The molecule has 1 heteroatoms. The van der Waals surface area contributed by atoms with Crippen LogP contribution in [0.4, 0.5) is 0 Å². The van der Waals surface area contributed by atoms with Gasteiger partial charge in [-0.3, -0.25) is 0 Å². The first-order valence-electron chi connectivity index (χ1n) is 4.41. The van der Waals surface area contributed by atoms with E-state index in [9.17, 15) is 0 Å². The average Bonchev–Trinajstić information content (AvgIpc) is 2.31. The minimum absolute atomic E-state index is 0.691. The molecule has 2 aliphatic rings. The van der Waals surface area contributed by atoms with Crippen LogP contribution in [-0.4, -0.2) is 13.1 Å². The summed E-state index contributed by atoms with van der Waals surface area (Å²) in [6, 6.07) is 0. The summed E-state index contributed by atoms with van der Waals surface area (Å²) >= 11 is 0. The number of hydrogen-bond acceptors (Lipinski definition) is 1. The van der Waals surface area contributed by atoms with Gasteiger partial charge in [-0.25, -0.2) is 0 Å². The maximum atomic E-state index is 3.43. The molecule has 1 aliphatic heterocycles. The van der Waals surface area contributed by atoms with E-state index in [0.717, 1.165) is 11.8 Å². The monoisotopic (exact) mass is 139 g/mol. The molecule has 0 bridgehead atoms. The van der Waals surface area contributed by atoms with Crippen LogP contribution in [0.25, 0.3) is 0 Å². The van der Waals surface area contributed by atoms with Crippen LogP contribution < -0.4 is 5.32 Å². The van der Waals surface area contributed by atoms with Crippen LogP contribution >= 0.6 is 0 Å². The second-order valence-corrected chi connectivity index (χ2v) is 4.55. The van der Waals surface area contributed by atoms with Gasteiger partial charge in [-0.05, 0) is 43.2 Å². The molecule has 0 amide bonds. The molecule has 2 fully saturated rings. The van der Waals surface area contributed by atoms with Gasteiger partial charge in [-0.15, -0.1) is 0 Å². The van der Waals surface area contributed by atoms with Gasteiger partial charge >= 0.3 is 0 Å². The van der Waals surface area contributed by atoms with Gasteiger partial charge in [0.05, 0.1) is 0 Å². The molecule has 0 spiro atoms. The van der Waals surface area contributed by atoms with E-state index in [2.05, 4.69) is 19.2 Å². The molecular weight excluding hydrogens is 122 g/mol. The van der Waals surface area contributed by atoms with Crippen molar-refractivity contribution in [2.45, 2.75) is 26.7 Å². The third-order valence-corrected chi connectivity index (χ3v) is 3.26. The summed E-state index contributed by atoms with van der Waals surface area (Å²) in [7, 11) is 0. The van der Waals surface area contributed by atoms with E-state index in [4.69, 9.17) is 0 Å². The molecule has 0 aromatic heterocycles. The molecule has 1 heterocycles. The Balaban J connectivity index is 1.90. The first-order chi connectivity index (χ1) is 4.70. The van der Waals surface area contributed by atoms with Gasteiger partial charge in [0.1, 0.15) is 0 Å². The lowest BCUT2D eigenvalue weighted by atomic mass is 9.97. The van der Waals surface area contributed by atoms with Crippen molar-refractivity contribution >= 4 is 0 Å². The Kier molecular flexibility index (Phi) is 1.31. The summed E-state index contributed by atoms with van der Waals surface area (Å²) in [5.74, 6) is 2.05. The first kappa shape index (κ1) is 6.66.